The summed E-state index contributed by atoms with van der Waals surface area (Å²) in [4.78, 5) is 0.499. The van der Waals surface area contributed by atoms with E-state index in [-0.39, 0.29) is 6.04 Å². The van der Waals surface area contributed by atoms with E-state index in [1.54, 1.807) is 0 Å². The van der Waals surface area contributed by atoms with E-state index in [9.17, 15) is 0 Å². The highest BCUT2D eigenvalue weighted by molar-refractivity contribution is 7.80. The maximum Gasteiger partial charge on any atom is 0.0838 e. The molecule has 1 aromatic heterocycles. The van der Waals surface area contributed by atoms with Crippen LogP contribution in [0, 0.1) is 0 Å². The zero-order valence-corrected chi connectivity index (χ0v) is 11.8. The Kier molecular flexibility index (Phi) is 3.48. The van der Waals surface area contributed by atoms with Crippen LogP contribution in [-0.2, 0) is 0 Å². The summed E-state index contributed by atoms with van der Waals surface area (Å²) in [7, 11) is 0. The van der Waals surface area contributed by atoms with Gasteiger partial charge in [-0.2, -0.15) is 5.10 Å². The minimum Gasteiger partial charge on any atom is -0.393 e. The molecule has 0 fully saturated rings. The Labute approximate surface area is 123 Å². The molecule has 0 amide bonds. The van der Waals surface area contributed by atoms with E-state index < -0.39 is 0 Å². The molecule has 0 bridgehead atoms. The first kappa shape index (κ1) is 12.8. The molecule has 2 N–H and O–H groups in total. The minimum atomic E-state index is 0.0357. The van der Waals surface area contributed by atoms with Gasteiger partial charge in [0.05, 0.1) is 22.7 Å². The van der Waals surface area contributed by atoms with Crippen LogP contribution in [0.5, 0.6) is 0 Å². The van der Waals surface area contributed by atoms with Crippen molar-refractivity contribution in [1.29, 1.82) is 0 Å². The van der Waals surface area contributed by atoms with Crippen LogP contribution in [0.2, 0.25) is 0 Å². The molecule has 3 rings (SSSR count). The lowest BCUT2D eigenvalue weighted by atomic mass is 10.0. The Morgan fingerprint density at radius 2 is 1.80 bits per heavy atom. The van der Waals surface area contributed by atoms with Gasteiger partial charge in [-0.15, -0.1) is 0 Å². The van der Waals surface area contributed by atoms with Gasteiger partial charge in [0.1, 0.15) is 0 Å². The normalized spacial score (nSPS) is 12.4. The van der Waals surface area contributed by atoms with E-state index in [1.165, 1.54) is 0 Å². The second-order valence-electron chi connectivity index (χ2n) is 4.74. The number of nitrogens with zero attached hydrogens (tertiary/aromatic N) is 2. The molecule has 3 aromatic rings. The third-order valence-electron chi connectivity index (χ3n) is 3.38. The fourth-order valence-corrected chi connectivity index (χ4v) is 2.61. The molecular weight excluding hydrogens is 266 g/mol. The van der Waals surface area contributed by atoms with Gasteiger partial charge in [-0.1, -0.05) is 60.7 Å². The molecular formula is C16H15N3S. The Balaban J connectivity index is 2.12. The second-order valence-corrected chi connectivity index (χ2v) is 5.27. The van der Waals surface area contributed by atoms with Gasteiger partial charge in [0.15, 0.2) is 0 Å². The van der Waals surface area contributed by atoms with E-state index in [4.69, 9.17) is 18.0 Å². The van der Waals surface area contributed by atoms with Crippen LogP contribution < -0.4 is 5.73 Å². The molecule has 1 atom stereocenters. The summed E-state index contributed by atoms with van der Waals surface area (Å²) in [5.41, 5.74) is 8.03. The lowest BCUT2D eigenvalue weighted by Gasteiger charge is -2.18. The molecule has 0 aliphatic rings. The smallest absolute Gasteiger partial charge is 0.0838 e. The molecule has 1 unspecified atom stereocenters. The van der Waals surface area contributed by atoms with Crippen molar-refractivity contribution in [1.82, 2.24) is 9.78 Å². The van der Waals surface area contributed by atoms with E-state index >= 15 is 0 Å². The molecule has 3 nitrogen and oxygen atoms in total. The number of hydrogen-bond acceptors (Lipinski definition) is 2. The summed E-state index contributed by atoms with van der Waals surface area (Å²) < 4.78 is 2.00. The molecule has 4 heteroatoms. The van der Waals surface area contributed by atoms with Crippen molar-refractivity contribution >= 4 is 28.1 Å². The van der Waals surface area contributed by atoms with E-state index in [0.29, 0.717) is 11.4 Å². The SMILES string of the molecule is NC(=S)CC(c1ccccc1)n1ncc2ccccc21. The number of benzene rings is 2. The highest BCUT2D eigenvalue weighted by atomic mass is 32.1. The Morgan fingerprint density at radius 3 is 2.55 bits per heavy atom. The number of rotatable bonds is 4. The van der Waals surface area contributed by atoms with Crippen LogP contribution in [0.15, 0.2) is 60.8 Å². The first-order chi connectivity index (χ1) is 9.75. The Hall–Kier alpha value is -2.20. The lowest BCUT2D eigenvalue weighted by molar-refractivity contribution is 0.557. The number of nitrogens with two attached hydrogens (primary N) is 1. The van der Waals surface area contributed by atoms with Gasteiger partial charge in [-0.3, -0.25) is 4.68 Å². The molecule has 0 saturated heterocycles. The van der Waals surface area contributed by atoms with Crippen LogP contribution >= 0.6 is 12.2 Å². The molecule has 100 valence electrons. The third kappa shape index (κ3) is 2.42. The van der Waals surface area contributed by atoms with Crippen LogP contribution in [0.4, 0.5) is 0 Å². The standard InChI is InChI=1S/C16H15N3S/c17-16(20)10-15(12-6-2-1-3-7-12)19-14-9-5-4-8-13(14)11-18-19/h1-9,11,15H,10H2,(H2,17,20). The first-order valence-corrected chi connectivity index (χ1v) is 6.92. The predicted molar refractivity (Wildman–Crippen MR) is 85.7 cm³/mol. The summed E-state index contributed by atoms with van der Waals surface area (Å²) in [6.45, 7) is 0. The Bertz CT molecular complexity index is 734. The fourth-order valence-electron chi connectivity index (χ4n) is 2.45. The van der Waals surface area contributed by atoms with Gasteiger partial charge in [0.2, 0.25) is 0 Å². The molecule has 0 aliphatic carbocycles. The maximum absolute atomic E-state index is 5.77. The van der Waals surface area contributed by atoms with Gasteiger partial charge in [0.25, 0.3) is 0 Å². The minimum absolute atomic E-state index is 0.0357. The summed E-state index contributed by atoms with van der Waals surface area (Å²) >= 11 is 5.11. The quantitative estimate of drug-likeness (QED) is 0.746. The largest absolute Gasteiger partial charge is 0.393 e. The van der Waals surface area contributed by atoms with Crippen molar-refractivity contribution in [2.75, 3.05) is 0 Å². The average molecular weight is 281 g/mol. The summed E-state index contributed by atoms with van der Waals surface area (Å²) in [5.74, 6) is 0. The number of thiocarbonyl (C=S) groups is 1. The summed E-state index contributed by atoms with van der Waals surface area (Å²) in [6, 6.07) is 18.4. The van der Waals surface area contributed by atoms with Crippen molar-refractivity contribution in [2.24, 2.45) is 5.73 Å². The maximum atomic E-state index is 5.77. The third-order valence-corrected chi connectivity index (χ3v) is 3.55. The molecule has 20 heavy (non-hydrogen) atoms. The summed E-state index contributed by atoms with van der Waals surface area (Å²) in [6.07, 6.45) is 2.48. The molecule has 2 aromatic carbocycles. The van der Waals surface area contributed by atoms with Gasteiger partial charge >= 0.3 is 0 Å². The van der Waals surface area contributed by atoms with Crippen LogP contribution in [0.1, 0.15) is 18.0 Å². The van der Waals surface area contributed by atoms with Gasteiger partial charge in [-0.25, -0.2) is 0 Å². The fraction of sp³-hybridized carbons (Fsp3) is 0.125. The molecule has 0 radical (unpaired) electrons. The highest BCUT2D eigenvalue weighted by Crippen LogP contribution is 2.26. The number of para-hydroxylation sites is 1. The molecule has 0 aliphatic heterocycles. The van der Waals surface area contributed by atoms with E-state index in [0.717, 1.165) is 16.5 Å². The van der Waals surface area contributed by atoms with Gasteiger partial charge in [-0.05, 0) is 11.6 Å². The predicted octanol–water partition coefficient (Wildman–Crippen LogP) is 3.30. The lowest BCUT2D eigenvalue weighted by Crippen LogP contribution is -2.19. The van der Waals surface area contributed by atoms with E-state index in [1.807, 2.05) is 41.2 Å². The monoisotopic (exact) mass is 281 g/mol. The number of fused-ring (bicyclic) bond motifs is 1. The van der Waals surface area contributed by atoms with Gasteiger partial charge < -0.3 is 5.73 Å². The van der Waals surface area contributed by atoms with Crippen LogP contribution in [-0.4, -0.2) is 14.8 Å². The van der Waals surface area contributed by atoms with Crippen molar-refractivity contribution in [3.63, 3.8) is 0 Å². The van der Waals surface area contributed by atoms with Crippen LogP contribution in [0.3, 0.4) is 0 Å². The van der Waals surface area contributed by atoms with Crippen molar-refractivity contribution in [2.45, 2.75) is 12.5 Å². The van der Waals surface area contributed by atoms with Crippen molar-refractivity contribution in [3.8, 4) is 0 Å². The van der Waals surface area contributed by atoms with Crippen molar-refractivity contribution < 1.29 is 0 Å². The zero-order chi connectivity index (χ0) is 13.9. The topological polar surface area (TPSA) is 43.8 Å². The second kappa shape index (κ2) is 5.43. The number of hydrogen-bond donors (Lipinski definition) is 1. The first-order valence-electron chi connectivity index (χ1n) is 6.51. The van der Waals surface area contributed by atoms with Crippen LogP contribution in [0.25, 0.3) is 10.9 Å². The average Bonchev–Trinajstić information content (AvgIpc) is 2.89. The number of aromatic nitrogens is 2. The van der Waals surface area contributed by atoms with Gasteiger partial charge in [0, 0.05) is 11.8 Å². The highest BCUT2D eigenvalue weighted by Gasteiger charge is 2.17. The van der Waals surface area contributed by atoms with Crippen molar-refractivity contribution in [3.05, 3.63) is 66.4 Å². The zero-order valence-electron chi connectivity index (χ0n) is 10.9. The Morgan fingerprint density at radius 1 is 1.10 bits per heavy atom. The molecule has 1 heterocycles. The summed E-state index contributed by atoms with van der Waals surface area (Å²) in [5, 5.41) is 5.65. The van der Waals surface area contributed by atoms with E-state index in [2.05, 4.69) is 29.4 Å². The molecule has 0 spiro atoms. The molecule has 0 saturated carbocycles.